The van der Waals surface area contributed by atoms with Gasteiger partial charge in [-0.2, -0.15) is 0 Å². The van der Waals surface area contributed by atoms with E-state index in [1.807, 2.05) is 12.1 Å². The van der Waals surface area contributed by atoms with Gasteiger partial charge >= 0.3 is 0 Å². The van der Waals surface area contributed by atoms with Crippen LogP contribution in [0, 0.1) is 5.92 Å². The lowest BCUT2D eigenvalue weighted by molar-refractivity contribution is 0.192. The third kappa shape index (κ3) is 3.88. The molecule has 0 amide bonds. The van der Waals surface area contributed by atoms with Crippen LogP contribution in [0.25, 0.3) is 0 Å². The minimum atomic E-state index is 0.320. The summed E-state index contributed by atoms with van der Waals surface area (Å²) in [6.07, 6.45) is 1.18. The summed E-state index contributed by atoms with van der Waals surface area (Å²) in [5.41, 5.74) is 1.17. The van der Waals surface area contributed by atoms with Crippen LogP contribution in [0.2, 0.25) is 10.0 Å². The number of nitrogens with zero attached hydrogens (tertiary/aromatic N) is 1. The van der Waals surface area contributed by atoms with Gasteiger partial charge in [-0.3, -0.25) is 4.90 Å². The molecular weight excluding hydrogens is 291 g/mol. The van der Waals surface area contributed by atoms with Crippen molar-refractivity contribution in [3.8, 4) is 0 Å². The summed E-state index contributed by atoms with van der Waals surface area (Å²) in [7, 11) is 0. The van der Waals surface area contributed by atoms with Crippen LogP contribution < -0.4 is 5.32 Å². The Hall–Kier alpha value is -0.280. The Morgan fingerprint density at radius 2 is 2.00 bits per heavy atom. The smallest absolute Gasteiger partial charge is 0.0468 e. The van der Waals surface area contributed by atoms with Crippen LogP contribution in [-0.4, -0.2) is 30.6 Å². The van der Waals surface area contributed by atoms with Crippen molar-refractivity contribution in [1.82, 2.24) is 10.2 Å². The molecule has 1 fully saturated rings. The Labute approximate surface area is 132 Å². The first-order valence-electron chi connectivity index (χ1n) is 7.41. The molecule has 2 unspecified atom stereocenters. The van der Waals surface area contributed by atoms with Crippen molar-refractivity contribution < 1.29 is 0 Å². The monoisotopic (exact) mass is 314 g/mol. The molecule has 1 aliphatic heterocycles. The van der Waals surface area contributed by atoms with Crippen LogP contribution in [0.1, 0.15) is 38.8 Å². The van der Waals surface area contributed by atoms with Gasteiger partial charge in [-0.15, -0.1) is 0 Å². The van der Waals surface area contributed by atoms with Gasteiger partial charge in [0, 0.05) is 35.2 Å². The van der Waals surface area contributed by atoms with E-state index in [2.05, 4.69) is 37.1 Å². The molecule has 1 aromatic rings. The second-order valence-corrected chi connectivity index (χ2v) is 6.84. The summed E-state index contributed by atoms with van der Waals surface area (Å²) in [4.78, 5) is 2.53. The van der Waals surface area contributed by atoms with Crippen LogP contribution >= 0.6 is 23.2 Å². The highest BCUT2D eigenvalue weighted by molar-refractivity contribution is 6.35. The maximum Gasteiger partial charge on any atom is 0.0468 e. The quantitative estimate of drug-likeness (QED) is 0.891. The molecule has 0 radical (unpaired) electrons. The zero-order valence-electron chi connectivity index (χ0n) is 12.5. The van der Waals surface area contributed by atoms with Gasteiger partial charge in [-0.25, -0.2) is 0 Å². The molecule has 0 saturated carbocycles. The fourth-order valence-corrected chi connectivity index (χ4v) is 3.38. The molecule has 0 bridgehead atoms. The summed E-state index contributed by atoms with van der Waals surface area (Å²) >= 11 is 12.3. The van der Waals surface area contributed by atoms with Gasteiger partial charge in [0.1, 0.15) is 0 Å². The molecule has 1 saturated heterocycles. The average molecular weight is 315 g/mol. The second kappa shape index (κ2) is 7.13. The predicted octanol–water partition coefficient (Wildman–Crippen LogP) is 4.37. The maximum absolute atomic E-state index is 6.36. The minimum Gasteiger partial charge on any atom is -0.312 e. The highest BCUT2D eigenvalue weighted by Gasteiger charge is 2.25. The molecule has 112 valence electrons. The third-order valence-corrected chi connectivity index (χ3v) is 4.79. The number of rotatable bonds is 3. The summed E-state index contributed by atoms with van der Waals surface area (Å²) < 4.78 is 0. The van der Waals surface area contributed by atoms with E-state index in [1.54, 1.807) is 0 Å². The summed E-state index contributed by atoms with van der Waals surface area (Å²) in [5.74, 6) is 0.642. The van der Waals surface area contributed by atoms with Crippen molar-refractivity contribution in [3.63, 3.8) is 0 Å². The Balaban J connectivity index is 2.15. The number of hydrogen-bond acceptors (Lipinski definition) is 2. The summed E-state index contributed by atoms with van der Waals surface area (Å²) in [6.45, 7) is 10.1. The van der Waals surface area contributed by atoms with Crippen LogP contribution in [-0.2, 0) is 0 Å². The van der Waals surface area contributed by atoms with Crippen molar-refractivity contribution in [2.45, 2.75) is 39.3 Å². The fourth-order valence-electron chi connectivity index (χ4n) is 2.81. The van der Waals surface area contributed by atoms with Crippen molar-refractivity contribution >= 4 is 23.2 Å². The van der Waals surface area contributed by atoms with Gasteiger partial charge < -0.3 is 5.32 Å². The molecule has 2 rings (SSSR count). The van der Waals surface area contributed by atoms with Crippen molar-refractivity contribution in [2.75, 3.05) is 19.6 Å². The normalized spacial score (nSPS) is 22.8. The largest absolute Gasteiger partial charge is 0.312 e. The SMILES string of the molecule is CC(C)C1CN(C(C)c2ccc(Cl)cc2Cl)CCCN1. The zero-order chi connectivity index (χ0) is 14.7. The molecule has 20 heavy (non-hydrogen) atoms. The van der Waals surface area contributed by atoms with E-state index in [4.69, 9.17) is 23.2 Å². The molecule has 0 aliphatic carbocycles. The van der Waals surface area contributed by atoms with Crippen LogP contribution in [0.3, 0.4) is 0 Å². The van der Waals surface area contributed by atoms with E-state index in [1.165, 1.54) is 12.0 Å². The molecule has 1 N–H and O–H groups in total. The van der Waals surface area contributed by atoms with E-state index in [0.29, 0.717) is 23.0 Å². The molecule has 1 aromatic carbocycles. The Morgan fingerprint density at radius 3 is 2.65 bits per heavy atom. The second-order valence-electron chi connectivity index (χ2n) is 5.99. The number of halogens is 2. The first kappa shape index (κ1) is 16.1. The highest BCUT2D eigenvalue weighted by Crippen LogP contribution is 2.30. The van der Waals surface area contributed by atoms with Crippen LogP contribution in [0.5, 0.6) is 0 Å². The van der Waals surface area contributed by atoms with Crippen LogP contribution in [0.15, 0.2) is 18.2 Å². The molecule has 2 nitrogen and oxygen atoms in total. The van der Waals surface area contributed by atoms with Crippen LogP contribution in [0.4, 0.5) is 0 Å². The number of hydrogen-bond donors (Lipinski definition) is 1. The van der Waals surface area contributed by atoms with Gasteiger partial charge in [0.15, 0.2) is 0 Å². The summed E-state index contributed by atoms with van der Waals surface area (Å²) in [5, 5.41) is 5.11. The van der Waals surface area contributed by atoms with Crippen molar-refractivity contribution in [3.05, 3.63) is 33.8 Å². The van der Waals surface area contributed by atoms with E-state index in [-0.39, 0.29) is 0 Å². The molecule has 0 aromatic heterocycles. The fraction of sp³-hybridized carbons (Fsp3) is 0.625. The van der Waals surface area contributed by atoms with Gasteiger partial charge in [-0.1, -0.05) is 43.1 Å². The van der Waals surface area contributed by atoms with E-state index >= 15 is 0 Å². The molecular formula is C16H24Cl2N2. The predicted molar refractivity (Wildman–Crippen MR) is 87.7 cm³/mol. The first-order valence-corrected chi connectivity index (χ1v) is 8.17. The van der Waals surface area contributed by atoms with Gasteiger partial charge in [0.2, 0.25) is 0 Å². The molecule has 1 aliphatic rings. The number of nitrogens with one attached hydrogen (secondary N) is 1. The topological polar surface area (TPSA) is 15.3 Å². The zero-order valence-corrected chi connectivity index (χ0v) is 14.0. The lowest BCUT2D eigenvalue weighted by atomic mass is 10.0. The maximum atomic E-state index is 6.36. The molecule has 1 heterocycles. The molecule has 4 heteroatoms. The van der Waals surface area contributed by atoms with Gasteiger partial charge in [-0.05, 0) is 43.5 Å². The van der Waals surface area contributed by atoms with Crippen molar-refractivity contribution in [2.24, 2.45) is 5.92 Å². The third-order valence-electron chi connectivity index (χ3n) is 4.22. The van der Waals surface area contributed by atoms with Gasteiger partial charge in [0.05, 0.1) is 0 Å². The van der Waals surface area contributed by atoms with E-state index in [9.17, 15) is 0 Å². The van der Waals surface area contributed by atoms with E-state index in [0.717, 1.165) is 24.7 Å². The Morgan fingerprint density at radius 1 is 1.25 bits per heavy atom. The standard InChI is InChI=1S/C16H24Cl2N2/c1-11(2)16-10-20(8-4-7-19-16)12(3)14-6-5-13(17)9-15(14)18/h5-6,9,11-12,16,19H,4,7-8,10H2,1-3H3. The highest BCUT2D eigenvalue weighted by atomic mass is 35.5. The Kier molecular flexibility index (Phi) is 5.74. The minimum absolute atomic E-state index is 0.320. The summed E-state index contributed by atoms with van der Waals surface area (Å²) in [6, 6.07) is 6.69. The van der Waals surface area contributed by atoms with Gasteiger partial charge in [0.25, 0.3) is 0 Å². The van der Waals surface area contributed by atoms with Crippen molar-refractivity contribution in [1.29, 1.82) is 0 Å². The number of benzene rings is 1. The lowest BCUT2D eigenvalue weighted by Crippen LogP contribution is -2.42. The average Bonchev–Trinajstić information content (AvgIpc) is 2.63. The molecule has 0 spiro atoms. The molecule has 2 atom stereocenters. The Bertz CT molecular complexity index is 448. The first-order chi connectivity index (χ1) is 9.49. The lowest BCUT2D eigenvalue weighted by Gasteiger charge is -2.32. The van der Waals surface area contributed by atoms with E-state index < -0.39 is 0 Å².